The summed E-state index contributed by atoms with van der Waals surface area (Å²) in [6.07, 6.45) is 0. The van der Waals surface area contributed by atoms with E-state index in [1.807, 2.05) is 19.9 Å². The number of fused-ring (bicyclic) bond motifs is 1. The molecule has 2 rings (SSSR count). The molecule has 0 saturated heterocycles. The molecule has 70 valence electrons. The first-order chi connectivity index (χ1) is 6.08. The van der Waals surface area contributed by atoms with Crippen molar-refractivity contribution in [2.24, 2.45) is 0 Å². The van der Waals surface area contributed by atoms with Gasteiger partial charge in [-0.2, -0.15) is 0 Å². The van der Waals surface area contributed by atoms with Crippen LogP contribution in [0.1, 0.15) is 13.8 Å². The van der Waals surface area contributed by atoms with Crippen LogP contribution in [0.4, 0.5) is 5.69 Å². The van der Waals surface area contributed by atoms with Crippen LogP contribution in [0.15, 0.2) is 18.2 Å². The van der Waals surface area contributed by atoms with Crippen LogP contribution in [0.5, 0.6) is 11.5 Å². The van der Waals surface area contributed by atoms with Gasteiger partial charge in [-0.15, -0.1) is 0 Å². The van der Waals surface area contributed by atoms with Gasteiger partial charge in [-0.1, -0.05) is 6.07 Å². The highest BCUT2D eigenvalue weighted by atomic mass is 16.5. The molecule has 0 unspecified atom stereocenters. The minimum Gasteiger partial charge on any atom is -0.506 e. The van der Waals surface area contributed by atoms with Crippen LogP contribution in [-0.2, 0) is 0 Å². The van der Waals surface area contributed by atoms with E-state index in [-0.39, 0.29) is 11.4 Å². The number of aromatic hydroxyl groups is 1. The Bertz CT molecular complexity index is 334. The Labute approximate surface area is 77.3 Å². The van der Waals surface area contributed by atoms with Crippen LogP contribution in [0.3, 0.4) is 0 Å². The fourth-order valence-corrected chi connectivity index (χ4v) is 1.42. The number of ether oxygens (including phenoxy) is 1. The summed E-state index contributed by atoms with van der Waals surface area (Å²) in [4.78, 5) is 0. The lowest BCUT2D eigenvalue weighted by atomic mass is 10.1. The van der Waals surface area contributed by atoms with Gasteiger partial charge in [-0.05, 0) is 26.0 Å². The van der Waals surface area contributed by atoms with Crippen LogP contribution in [0.2, 0.25) is 0 Å². The van der Waals surface area contributed by atoms with E-state index in [4.69, 9.17) is 4.74 Å². The van der Waals surface area contributed by atoms with E-state index in [0.717, 1.165) is 5.75 Å². The minimum absolute atomic E-state index is 0.208. The monoisotopic (exact) mass is 179 g/mol. The number of benzene rings is 1. The quantitative estimate of drug-likeness (QED) is 0.598. The summed E-state index contributed by atoms with van der Waals surface area (Å²) in [6.45, 7) is 4.72. The molecule has 0 spiro atoms. The molecule has 0 aliphatic carbocycles. The Morgan fingerprint density at radius 1 is 1.46 bits per heavy atom. The first kappa shape index (κ1) is 8.23. The zero-order valence-electron chi connectivity index (χ0n) is 7.79. The largest absolute Gasteiger partial charge is 0.506 e. The third-order valence-corrected chi connectivity index (χ3v) is 2.08. The standard InChI is InChI=1S/C10H13NO2/c1-10(2)6-11-9-7(12)4-3-5-8(9)13-10/h3-5,11-12H,6H2,1-2H3. The number of phenolic OH excluding ortho intramolecular Hbond substituents is 1. The second kappa shape index (κ2) is 2.55. The lowest BCUT2D eigenvalue weighted by Gasteiger charge is -2.33. The van der Waals surface area contributed by atoms with E-state index < -0.39 is 0 Å². The van der Waals surface area contributed by atoms with E-state index in [0.29, 0.717) is 12.2 Å². The van der Waals surface area contributed by atoms with Crippen molar-refractivity contribution in [2.45, 2.75) is 19.4 Å². The van der Waals surface area contributed by atoms with E-state index >= 15 is 0 Å². The molecule has 1 aromatic rings. The Kier molecular flexibility index (Phi) is 1.62. The fraction of sp³-hybridized carbons (Fsp3) is 0.400. The van der Waals surface area contributed by atoms with Gasteiger partial charge in [0.1, 0.15) is 22.8 Å². The number of hydrogen-bond donors (Lipinski definition) is 2. The van der Waals surface area contributed by atoms with Gasteiger partial charge >= 0.3 is 0 Å². The minimum atomic E-state index is -0.208. The lowest BCUT2D eigenvalue weighted by Crippen LogP contribution is -2.39. The van der Waals surface area contributed by atoms with Crippen LogP contribution in [0.25, 0.3) is 0 Å². The van der Waals surface area contributed by atoms with Crippen molar-refractivity contribution in [1.29, 1.82) is 0 Å². The zero-order chi connectivity index (χ0) is 9.47. The van der Waals surface area contributed by atoms with Crippen molar-refractivity contribution >= 4 is 5.69 Å². The average Bonchev–Trinajstić information content (AvgIpc) is 2.02. The molecule has 0 atom stereocenters. The molecule has 0 saturated carbocycles. The summed E-state index contributed by atoms with van der Waals surface area (Å²) in [5.41, 5.74) is 0.489. The molecule has 3 heteroatoms. The maximum Gasteiger partial charge on any atom is 0.147 e. The van der Waals surface area contributed by atoms with Gasteiger partial charge < -0.3 is 15.2 Å². The molecule has 2 N–H and O–H groups in total. The Morgan fingerprint density at radius 2 is 2.23 bits per heavy atom. The van der Waals surface area contributed by atoms with Crippen molar-refractivity contribution in [1.82, 2.24) is 0 Å². The number of phenols is 1. The van der Waals surface area contributed by atoms with Gasteiger partial charge in [-0.3, -0.25) is 0 Å². The van der Waals surface area contributed by atoms with Gasteiger partial charge in [0, 0.05) is 0 Å². The van der Waals surface area contributed by atoms with E-state index in [1.54, 1.807) is 12.1 Å². The van der Waals surface area contributed by atoms with Crippen molar-refractivity contribution < 1.29 is 9.84 Å². The van der Waals surface area contributed by atoms with Crippen LogP contribution in [-0.4, -0.2) is 17.3 Å². The first-order valence-electron chi connectivity index (χ1n) is 4.33. The highest BCUT2D eigenvalue weighted by molar-refractivity contribution is 5.66. The van der Waals surface area contributed by atoms with E-state index in [1.165, 1.54) is 0 Å². The van der Waals surface area contributed by atoms with Gasteiger partial charge in [0.15, 0.2) is 0 Å². The molecule has 13 heavy (non-hydrogen) atoms. The normalized spacial score (nSPS) is 18.3. The van der Waals surface area contributed by atoms with Crippen LogP contribution >= 0.6 is 0 Å². The molecular weight excluding hydrogens is 166 g/mol. The Balaban J connectivity index is 2.42. The fourth-order valence-electron chi connectivity index (χ4n) is 1.42. The molecule has 1 aliphatic heterocycles. The van der Waals surface area contributed by atoms with Crippen molar-refractivity contribution in [3.05, 3.63) is 18.2 Å². The van der Waals surface area contributed by atoms with Crippen molar-refractivity contribution in [3.8, 4) is 11.5 Å². The van der Waals surface area contributed by atoms with Gasteiger partial charge in [0.2, 0.25) is 0 Å². The third kappa shape index (κ3) is 1.41. The van der Waals surface area contributed by atoms with Gasteiger partial charge in [0.05, 0.1) is 6.54 Å². The number of para-hydroxylation sites is 1. The maximum atomic E-state index is 9.48. The molecule has 0 aromatic heterocycles. The summed E-state index contributed by atoms with van der Waals surface area (Å²) < 4.78 is 5.68. The molecule has 1 aliphatic rings. The van der Waals surface area contributed by atoms with Crippen molar-refractivity contribution in [2.75, 3.05) is 11.9 Å². The SMILES string of the molecule is CC1(C)CNc2c(O)cccc2O1. The summed E-state index contributed by atoms with van der Waals surface area (Å²) >= 11 is 0. The Hall–Kier alpha value is -1.38. The third-order valence-electron chi connectivity index (χ3n) is 2.08. The molecule has 0 fully saturated rings. The van der Waals surface area contributed by atoms with Crippen molar-refractivity contribution in [3.63, 3.8) is 0 Å². The van der Waals surface area contributed by atoms with E-state index in [2.05, 4.69) is 5.32 Å². The number of rotatable bonds is 0. The molecular formula is C10H13NO2. The summed E-state index contributed by atoms with van der Waals surface area (Å²) in [5.74, 6) is 0.962. The molecule has 3 nitrogen and oxygen atoms in total. The summed E-state index contributed by atoms with van der Waals surface area (Å²) in [5, 5.41) is 12.6. The highest BCUT2D eigenvalue weighted by Crippen LogP contribution is 2.38. The molecule has 1 aromatic carbocycles. The van der Waals surface area contributed by atoms with Crippen LogP contribution < -0.4 is 10.1 Å². The number of anilines is 1. The van der Waals surface area contributed by atoms with Gasteiger partial charge in [0.25, 0.3) is 0 Å². The predicted molar refractivity (Wildman–Crippen MR) is 51.3 cm³/mol. The number of nitrogens with one attached hydrogen (secondary N) is 1. The predicted octanol–water partition coefficient (Wildman–Crippen LogP) is 1.98. The van der Waals surface area contributed by atoms with E-state index in [9.17, 15) is 5.11 Å². The topological polar surface area (TPSA) is 41.5 Å². The number of hydrogen-bond acceptors (Lipinski definition) is 3. The van der Waals surface area contributed by atoms with Gasteiger partial charge in [-0.25, -0.2) is 0 Å². The zero-order valence-corrected chi connectivity index (χ0v) is 7.79. The molecule has 0 radical (unpaired) electrons. The molecule has 0 bridgehead atoms. The smallest absolute Gasteiger partial charge is 0.147 e. The lowest BCUT2D eigenvalue weighted by molar-refractivity contribution is 0.115. The Morgan fingerprint density at radius 3 is 3.00 bits per heavy atom. The second-order valence-corrected chi connectivity index (χ2v) is 3.87. The van der Waals surface area contributed by atoms with Crippen LogP contribution in [0, 0.1) is 0 Å². The summed E-state index contributed by atoms with van der Waals surface area (Å²) in [6, 6.07) is 5.27. The maximum absolute atomic E-state index is 9.48. The first-order valence-corrected chi connectivity index (χ1v) is 4.33. The molecule has 0 amide bonds. The molecule has 1 heterocycles. The highest BCUT2D eigenvalue weighted by Gasteiger charge is 2.27. The average molecular weight is 179 g/mol. The summed E-state index contributed by atoms with van der Waals surface area (Å²) in [7, 11) is 0. The second-order valence-electron chi connectivity index (χ2n) is 3.87.